The van der Waals surface area contributed by atoms with Crippen molar-refractivity contribution in [2.24, 2.45) is 0 Å². The second-order valence-corrected chi connectivity index (χ2v) is 8.18. The number of aliphatic hydroxyl groups is 1. The van der Waals surface area contributed by atoms with Gasteiger partial charge in [-0.25, -0.2) is 18.7 Å². The number of nitrogens with zero attached hydrogens (tertiary/aromatic N) is 2. The van der Waals surface area contributed by atoms with Crippen molar-refractivity contribution < 1.29 is 56.2 Å². The monoisotopic (exact) mass is 516 g/mol. The van der Waals surface area contributed by atoms with E-state index in [1.54, 1.807) is 7.05 Å². The number of rotatable bonds is 12. The van der Waals surface area contributed by atoms with Gasteiger partial charge in [-0.15, -0.1) is 0 Å². The summed E-state index contributed by atoms with van der Waals surface area (Å²) in [6.45, 7) is -2.61. The van der Waals surface area contributed by atoms with Crippen LogP contribution in [0.2, 0.25) is 0 Å². The van der Waals surface area contributed by atoms with Gasteiger partial charge in [0.2, 0.25) is 13.0 Å². The van der Waals surface area contributed by atoms with Crippen LogP contribution in [0.5, 0.6) is 0 Å². The van der Waals surface area contributed by atoms with E-state index in [0.717, 1.165) is 12.3 Å². The molecule has 1 aliphatic heterocycles. The third-order valence-corrected chi connectivity index (χ3v) is 5.16. The topological polar surface area (TPSA) is 211 Å². The van der Waals surface area contributed by atoms with Gasteiger partial charge in [-0.3, -0.25) is 13.9 Å². The molecule has 1 unspecified atom stereocenters. The molecule has 1 aliphatic rings. The first-order valence-corrected chi connectivity index (χ1v) is 11.0. The van der Waals surface area contributed by atoms with E-state index in [1.165, 1.54) is 0 Å². The van der Waals surface area contributed by atoms with Crippen LogP contribution in [0.1, 0.15) is 12.6 Å². The summed E-state index contributed by atoms with van der Waals surface area (Å²) in [5.74, 6) is -6.02. The predicted octanol–water partition coefficient (Wildman–Crippen LogP) is -1.49. The summed E-state index contributed by atoms with van der Waals surface area (Å²) in [6, 6.07) is 1.05. The molecule has 1 aromatic heterocycles. The first kappa shape index (κ1) is 27.7. The zero-order valence-electron chi connectivity index (χ0n) is 17.7. The fraction of sp³-hybridized carbons (Fsp3) is 0.625. The van der Waals surface area contributed by atoms with Crippen LogP contribution in [0.15, 0.2) is 17.1 Å². The van der Waals surface area contributed by atoms with Gasteiger partial charge in [0.25, 0.3) is 0 Å². The Morgan fingerprint density at radius 1 is 1.35 bits per heavy atom. The number of nitrogen functional groups attached to an aromatic ring is 1. The Labute approximate surface area is 190 Å². The highest BCUT2D eigenvalue weighted by atomic mass is 31.2. The molecular weight excluding hydrogens is 493 g/mol. The number of phosphoric acid groups is 1. The maximum absolute atomic E-state index is 14.4. The molecule has 192 valence electrons. The quantitative estimate of drug-likeness (QED) is 0.142. The third kappa shape index (κ3) is 7.49. The summed E-state index contributed by atoms with van der Waals surface area (Å²) in [5, 5.41) is 12.5. The van der Waals surface area contributed by atoms with Gasteiger partial charge in [-0.2, -0.15) is 13.8 Å². The number of hydrogen-bond donors (Lipinski definition) is 4. The number of halogens is 2. The van der Waals surface area contributed by atoms with Crippen LogP contribution in [0.4, 0.5) is 14.6 Å². The molecule has 4 atom stereocenters. The number of nitrogens with two attached hydrogens (primary N) is 1. The summed E-state index contributed by atoms with van der Waals surface area (Å²) in [7, 11) is -3.35. The fourth-order valence-corrected chi connectivity index (χ4v) is 3.15. The second kappa shape index (κ2) is 11.7. The van der Waals surface area contributed by atoms with Crippen molar-refractivity contribution in [1.29, 1.82) is 0 Å². The average Bonchev–Trinajstić information content (AvgIpc) is 2.98. The fourth-order valence-electron chi connectivity index (χ4n) is 2.55. The molecule has 2 rings (SSSR count). The number of carbonyl (C=O) groups is 2. The number of phosphoric ester groups is 1. The Kier molecular flexibility index (Phi) is 9.57. The van der Waals surface area contributed by atoms with Crippen molar-refractivity contribution in [2.75, 3.05) is 39.3 Å². The van der Waals surface area contributed by atoms with Crippen molar-refractivity contribution in [2.45, 2.75) is 30.8 Å². The van der Waals surface area contributed by atoms with Crippen molar-refractivity contribution in [3.63, 3.8) is 0 Å². The lowest BCUT2D eigenvalue weighted by atomic mass is 10.1. The minimum atomic E-state index is -4.96. The maximum Gasteiger partial charge on any atom is 0.475 e. The standard InChI is InChI=1S/C16H23F2N4O11P/c1-20-4-2-11(23)29-7-12(24)30-8-32-34(27,28)31-6-9-13(25)16(17,18)14(33-9)22-5-3-10(19)21-15(22)26/h3,5,9,13-14,20,25H,2,4,6-8H2,1H3,(H,27,28)(H2,19,21,26)/t9-,13-,14-/m1/s1. The second-order valence-electron chi connectivity index (χ2n) is 6.73. The SMILES string of the molecule is CNCCC(=O)OCC(=O)OCOP(=O)(O)OC[C@H]1O[C@@H](n2ccc(N)nc2=O)C(F)(F)[C@@H]1O. The van der Waals surface area contributed by atoms with E-state index in [-0.39, 0.29) is 12.2 Å². The number of anilines is 1. The first-order chi connectivity index (χ1) is 15.9. The molecule has 18 heteroatoms. The number of alkyl halides is 2. The number of aliphatic hydroxyl groups excluding tert-OH is 1. The number of carbonyl (C=O) groups excluding carboxylic acids is 2. The van der Waals surface area contributed by atoms with Crippen molar-refractivity contribution in [3.8, 4) is 0 Å². The van der Waals surface area contributed by atoms with Gasteiger partial charge < -0.3 is 35.3 Å². The number of aromatic nitrogens is 2. The highest BCUT2D eigenvalue weighted by Gasteiger charge is 2.60. The summed E-state index contributed by atoms with van der Waals surface area (Å²) >= 11 is 0. The minimum absolute atomic E-state index is 0.00156. The largest absolute Gasteiger partial charge is 0.475 e. The third-order valence-electron chi connectivity index (χ3n) is 4.25. The molecule has 1 aromatic rings. The van der Waals surface area contributed by atoms with Crippen LogP contribution in [-0.2, 0) is 37.4 Å². The highest BCUT2D eigenvalue weighted by Crippen LogP contribution is 2.46. The normalized spacial score (nSPS) is 23.3. The smallest absolute Gasteiger partial charge is 0.454 e. The van der Waals surface area contributed by atoms with Crippen LogP contribution in [0.25, 0.3) is 0 Å². The van der Waals surface area contributed by atoms with E-state index >= 15 is 0 Å². The lowest BCUT2D eigenvalue weighted by Crippen LogP contribution is -2.41. The zero-order chi connectivity index (χ0) is 25.5. The molecule has 0 saturated carbocycles. The Hall–Kier alpha value is -2.53. The van der Waals surface area contributed by atoms with E-state index in [1.807, 2.05) is 0 Å². The molecule has 0 aliphatic carbocycles. The van der Waals surface area contributed by atoms with Crippen LogP contribution in [-0.4, -0.2) is 83.2 Å². The van der Waals surface area contributed by atoms with Gasteiger partial charge in [0, 0.05) is 12.7 Å². The summed E-state index contributed by atoms with van der Waals surface area (Å²) < 4.78 is 63.9. The number of esters is 2. The Balaban J connectivity index is 1.83. The Bertz CT molecular complexity index is 979. The lowest BCUT2D eigenvalue weighted by Gasteiger charge is -2.20. The molecule has 2 heterocycles. The molecule has 0 spiro atoms. The number of ether oxygens (including phenoxy) is 3. The average molecular weight is 516 g/mol. The van der Waals surface area contributed by atoms with Crippen molar-refractivity contribution >= 4 is 25.6 Å². The predicted molar refractivity (Wildman–Crippen MR) is 105 cm³/mol. The van der Waals surface area contributed by atoms with E-state index in [2.05, 4.69) is 28.8 Å². The van der Waals surface area contributed by atoms with Crippen LogP contribution in [0.3, 0.4) is 0 Å². The molecule has 34 heavy (non-hydrogen) atoms. The van der Waals surface area contributed by atoms with Gasteiger partial charge in [0.1, 0.15) is 11.9 Å². The number of nitrogens with one attached hydrogen (secondary N) is 1. The van der Waals surface area contributed by atoms with Gasteiger partial charge in [-0.1, -0.05) is 0 Å². The maximum atomic E-state index is 14.4. The number of hydrogen-bond acceptors (Lipinski definition) is 13. The molecule has 0 amide bonds. The summed E-state index contributed by atoms with van der Waals surface area (Å²) in [4.78, 5) is 47.4. The first-order valence-electron chi connectivity index (χ1n) is 9.51. The Morgan fingerprint density at radius 2 is 2.06 bits per heavy atom. The Morgan fingerprint density at radius 3 is 2.71 bits per heavy atom. The molecule has 5 N–H and O–H groups in total. The van der Waals surface area contributed by atoms with Crippen molar-refractivity contribution in [1.82, 2.24) is 14.9 Å². The molecule has 15 nitrogen and oxygen atoms in total. The van der Waals surface area contributed by atoms with Crippen LogP contribution >= 0.6 is 7.82 Å². The van der Waals surface area contributed by atoms with Gasteiger partial charge >= 0.3 is 31.4 Å². The van der Waals surface area contributed by atoms with E-state index in [4.69, 9.17) is 10.5 Å². The van der Waals surface area contributed by atoms with E-state index in [0.29, 0.717) is 11.1 Å². The molecule has 1 saturated heterocycles. The summed E-state index contributed by atoms with van der Waals surface area (Å²) in [5.41, 5.74) is 4.12. The summed E-state index contributed by atoms with van der Waals surface area (Å²) in [6.07, 6.45) is -5.80. The molecule has 0 aromatic carbocycles. The molecular formula is C16H23F2N4O11P. The lowest BCUT2D eigenvalue weighted by molar-refractivity contribution is -0.163. The van der Waals surface area contributed by atoms with Gasteiger partial charge in [0.15, 0.2) is 12.7 Å². The minimum Gasteiger partial charge on any atom is -0.454 e. The molecule has 1 fully saturated rings. The molecule has 0 radical (unpaired) electrons. The van der Waals surface area contributed by atoms with Crippen LogP contribution in [0, 0.1) is 0 Å². The van der Waals surface area contributed by atoms with Crippen LogP contribution < -0.4 is 16.7 Å². The zero-order valence-corrected chi connectivity index (χ0v) is 18.6. The molecule has 0 bridgehead atoms. The van der Waals surface area contributed by atoms with Gasteiger partial charge in [-0.05, 0) is 13.1 Å². The highest BCUT2D eigenvalue weighted by molar-refractivity contribution is 7.47. The van der Waals surface area contributed by atoms with Crippen molar-refractivity contribution in [3.05, 3.63) is 22.7 Å². The van der Waals surface area contributed by atoms with E-state index < -0.39 is 69.8 Å². The van der Waals surface area contributed by atoms with Gasteiger partial charge in [0.05, 0.1) is 13.0 Å². The van der Waals surface area contributed by atoms with E-state index in [9.17, 15) is 37.7 Å².